The Hall–Kier alpha value is -1.39. The van der Waals surface area contributed by atoms with Crippen LogP contribution in [-0.2, 0) is 9.59 Å². The maximum Gasteiger partial charge on any atom is 0.328 e. The molecule has 1 heterocycles. The van der Waals surface area contributed by atoms with Crippen LogP contribution in [0.25, 0.3) is 0 Å². The summed E-state index contributed by atoms with van der Waals surface area (Å²) in [6.45, 7) is 4.02. The zero-order valence-electron chi connectivity index (χ0n) is 9.50. The Kier molecular flexibility index (Phi) is 2.48. The van der Waals surface area contributed by atoms with Crippen LogP contribution in [0.5, 0.6) is 0 Å². The molecule has 1 aliphatic heterocycles. The van der Waals surface area contributed by atoms with E-state index in [1.54, 1.807) is 0 Å². The second-order valence-corrected chi connectivity index (χ2v) is 4.95. The molecule has 1 atom stereocenters. The van der Waals surface area contributed by atoms with Gasteiger partial charge in [-0.15, -0.1) is 0 Å². The molecule has 2 aliphatic rings. The Balaban J connectivity index is 2.38. The summed E-state index contributed by atoms with van der Waals surface area (Å²) in [6.07, 6.45) is 2.27. The van der Waals surface area contributed by atoms with Gasteiger partial charge < -0.3 is 0 Å². The molecule has 88 valence electrons. The molecule has 2 rings (SSSR count). The van der Waals surface area contributed by atoms with Crippen molar-refractivity contribution in [1.29, 1.82) is 0 Å². The topological polar surface area (TPSA) is 75.3 Å². The van der Waals surface area contributed by atoms with Gasteiger partial charge in [-0.1, -0.05) is 20.3 Å². The van der Waals surface area contributed by atoms with Gasteiger partial charge in [-0.25, -0.2) is 4.79 Å². The lowest BCUT2D eigenvalue weighted by atomic mass is 9.70. The molecule has 1 saturated heterocycles. The van der Waals surface area contributed by atoms with Crippen molar-refractivity contribution in [2.45, 2.75) is 33.1 Å². The van der Waals surface area contributed by atoms with Crippen LogP contribution >= 0.6 is 0 Å². The molecular formula is C11H16N2O3. The number of amides is 4. The van der Waals surface area contributed by atoms with E-state index in [1.165, 1.54) is 0 Å². The zero-order valence-corrected chi connectivity index (χ0v) is 9.50. The number of urea groups is 1. The molecular weight excluding hydrogens is 208 g/mol. The van der Waals surface area contributed by atoms with Crippen molar-refractivity contribution < 1.29 is 14.4 Å². The molecule has 1 spiro atoms. The van der Waals surface area contributed by atoms with Crippen molar-refractivity contribution in [2.75, 3.05) is 0 Å². The predicted molar refractivity (Wildman–Crippen MR) is 56.3 cm³/mol. The summed E-state index contributed by atoms with van der Waals surface area (Å²) < 4.78 is 0. The standard InChI is InChI=1S/C11H16N2O3/c1-6(2)7-4-3-5-11(7)8(14)12-10(16)13-9(11)15/h6-7H,3-5H2,1-2H3,(H2,12,13,14,15,16). The summed E-state index contributed by atoms with van der Waals surface area (Å²) in [5, 5.41) is 4.43. The second-order valence-electron chi connectivity index (χ2n) is 4.95. The summed E-state index contributed by atoms with van der Waals surface area (Å²) >= 11 is 0. The van der Waals surface area contributed by atoms with Crippen LogP contribution in [-0.4, -0.2) is 17.8 Å². The number of imide groups is 2. The lowest BCUT2D eigenvalue weighted by Gasteiger charge is -2.37. The molecule has 0 aromatic carbocycles. The molecule has 1 saturated carbocycles. The quantitative estimate of drug-likeness (QED) is 0.647. The first-order chi connectivity index (χ1) is 7.48. The number of rotatable bonds is 1. The third-order valence-electron chi connectivity index (χ3n) is 3.79. The molecule has 1 aliphatic carbocycles. The van der Waals surface area contributed by atoms with Gasteiger partial charge in [0.1, 0.15) is 5.41 Å². The van der Waals surface area contributed by atoms with E-state index in [0.717, 1.165) is 12.8 Å². The van der Waals surface area contributed by atoms with Crippen molar-refractivity contribution in [2.24, 2.45) is 17.3 Å². The minimum atomic E-state index is -1.01. The lowest BCUT2D eigenvalue weighted by Crippen LogP contribution is -2.64. The minimum Gasteiger partial charge on any atom is -0.277 e. The van der Waals surface area contributed by atoms with Gasteiger partial charge in [-0.3, -0.25) is 20.2 Å². The fourth-order valence-corrected chi connectivity index (χ4v) is 3.06. The monoisotopic (exact) mass is 224 g/mol. The average molecular weight is 224 g/mol. The van der Waals surface area contributed by atoms with Crippen LogP contribution in [0, 0.1) is 17.3 Å². The van der Waals surface area contributed by atoms with E-state index in [1.807, 2.05) is 13.8 Å². The maximum absolute atomic E-state index is 12.0. The van der Waals surface area contributed by atoms with Gasteiger partial charge in [0.25, 0.3) is 0 Å². The van der Waals surface area contributed by atoms with Gasteiger partial charge in [0.15, 0.2) is 0 Å². The highest BCUT2D eigenvalue weighted by molar-refractivity contribution is 6.19. The van der Waals surface area contributed by atoms with Crippen LogP contribution in [0.4, 0.5) is 4.79 Å². The molecule has 5 heteroatoms. The normalized spacial score (nSPS) is 28.4. The average Bonchev–Trinajstić information content (AvgIpc) is 2.59. The van der Waals surface area contributed by atoms with Crippen LogP contribution in [0.2, 0.25) is 0 Å². The van der Waals surface area contributed by atoms with E-state index in [-0.39, 0.29) is 11.8 Å². The van der Waals surface area contributed by atoms with Crippen LogP contribution in [0.3, 0.4) is 0 Å². The van der Waals surface area contributed by atoms with Crippen molar-refractivity contribution in [3.63, 3.8) is 0 Å². The summed E-state index contributed by atoms with van der Waals surface area (Å²) in [6, 6.07) is -0.699. The van der Waals surface area contributed by atoms with Gasteiger partial charge >= 0.3 is 6.03 Å². The number of hydrogen-bond donors (Lipinski definition) is 2. The highest BCUT2D eigenvalue weighted by Crippen LogP contribution is 2.48. The van der Waals surface area contributed by atoms with Crippen molar-refractivity contribution in [3.8, 4) is 0 Å². The summed E-state index contributed by atoms with van der Waals surface area (Å²) in [5.74, 6) is -0.553. The molecule has 0 aromatic heterocycles. The maximum atomic E-state index is 12.0. The Bertz CT molecular complexity index is 342. The molecule has 2 fully saturated rings. The molecule has 0 radical (unpaired) electrons. The number of carbonyl (C=O) groups is 3. The summed E-state index contributed by atoms with van der Waals surface area (Å²) in [5.41, 5.74) is -1.01. The Morgan fingerprint density at radius 1 is 1.19 bits per heavy atom. The highest BCUT2D eigenvalue weighted by atomic mass is 16.2. The first-order valence-electron chi connectivity index (χ1n) is 5.65. The van der Waals surface area contributed by atoms with E-state index in [2.05, 4.69) is 10.6 Å². The van der Waals surface area contributed by atoms with E-state index < -0.39 is 23.3 Å². The second kappa shape index (κ2) is 3.57. The first kappa shape index (κ1) is 11.1. The fraction of sp³-hybridized carbons (Fsp3) is 0.727. The molecule has 1 unspecified atom stereocenters. The molecule has 2 N–H and O–H groups in total. The Labute approximate surface area is 94.0 Å². The van der Waals surface area contributed by atoms with Gasteiger partial charge in [-0.05, 0) is 24.7 Å². The zero-order chi connectivity index (χ0) is 11.9. The Morgan fingerprint density at radius 2 is 1.75 bits per heavy atom. The summed E-state index contributed by atoms with van der Waals surface area (Å²) in [4.78, 5) is 35.0. The highest BCUT2D eigenvalue weighted by Gasteiger charge is 2.58. The number of carbonyl (C=O) groups excluding carboxylic acids is 3. The Morgan fingerprint density at radius 3 is 2.25 bits per heavy atom. The van der Waals surface area contributed by atoms with Crippen LogP contribution in [0.1, 0.15) is 33.1 Å². The van der Waals surface area contributed by atoms with Crippen LogP contribution in [0.15, 0.2) is 0 Å². The molecule has 0 aromatic rings. The fourth-order valence-electron chi connectivity index (χ4n) is 3.06. The number of hydrogen-bond acceptors (Lipinski definition) is 3. The molecule has 4 amide bonds. The first-order valence-corrected chi connectivity index (χ1v) is 5.65. The van der Waals surface area contributed by atoms with Gasteiger partial charge in [0.2, 0.25) is 11.8 Å². The number of barbiturate groups is 1. The van der Waals surface area contributed by atoms with Crippen molar-refractivity contribution >= 4 is 17.8 Å². The van der Waals surface area contributed by atoms with E-state index in [0.29, 0.717) is 6.42 Å². The molecule has 5 nitrogen and oxygen atoms in total. The smallest absolute Gasteiger partial charge is 0.277 e. The van der Waals surface area contributed by atoms with Crippen molar-refractivity contribution in [1.82, 2.24) is 10.6 Å². The largest absolute Gasteiger partial charge is 0.328 e. The SMILES string of the molecule is CC(C)C1CCCC12C(=O)NC(=O)NC2=O. The molecule has 0 bridgehead atoms. The van der Waals surface area contributed by atoms with E-state index in [4.69, 9.17) is 0 Å². The molecule has 16 heavy (non-hydrogen) atoms. The van der Waals surface area contributed by atoms with Gasteiger partial charge in [0.05, 0.1) is 0 Å². The third kappa shape index (κ3) is 1.34. The van der Waals surface area contributed by atoms with Gasteiger partial charge in [0, 0.05) is 0 Å². The van der Waals surface area contributed by atoms with Crippen molar-refractivity contribution in [3.05, 3.63) is 0 Å². The summed E-state index contributed by atoms with van der Waals surface area (Å²) in [7, 11) is 0. The van der Waals surface area contributed by atoms with Crippen LogP contribution < -0.4 is 10.6 Å². The van der Waals surface area contributed by atoms with Gasteiger partial charge in [-0.2, -0.15) is 0 Å². The number of nitrogens with one attached hydrogen (secondary N) is 2. The van der Waals surface area contributed by atoms with E-state index >= 15 is 0 Å². The third-order valence-corrected chi connectivity index (χ3v) is 3.79. The predicted octanol–water partition coefficient (Wildman–Crippen LogP) is 0.795. The van der Waals surface area contributed by atoms with E-state index in [9.17, 15) is 14.4 Å². The lowest BCUT2D eigenvalue weighted by molar-refractivity contribution is -0.148. The minimum absolute atomic E-state index is 0.0283.